The Balaban J connectivity index is 1.76. The largest absolute Gasteiger partial charge is 0.304 e. The van der Waals surface area contributed by atoms with Crippen molar-refractivity contribution in [3.8, 4) is 22.6 Å². The number of aryl methyl sites for hydroxylation is 1. The minimum absolute atomic E-state index is 0.700. The smallest absolute Gasteiger partial charge is 0.164 e. The Bertz CT molecular complexity index is 1270. The molecular weight excluding hydrogens is 356 g/mol. The third-order valence-corrected chi connectivity index (χ3v) is 5.04. The fourth-order valence-corrected chi connectivity index (χ4v) is 3.66. The molecule has 0 aliphatic heterocycles. The van der Waals surface area contributed by atoms with E-state index in [2.05, 4.69) is 82.1 Å². The van der Waals surface area contributed by atoms with E-state index in [9.17, 15) is 0 Å². The number of nitrogens with zero attached hydrogens (tertiary/aromatic N) is 4. The Kier molecular flexibility index (Phi) is 4.37. The van der Waals surface area contributed by atoms with Crippen LogP contribution in [-0.2, 0) is 6.54 Å². The summed E-state index contributed by atoms with van der Waals surface area (Å²) >= 11 is 0. The van der Waals surface area contributed by atoms with Crippen LogP contribution in [0.1, 0.15) is 11.1 Å². The van der Waals surface area contributed by atoms with E-state index >= 15 is 0 Å². The average Bonchev–Trinajstić information content (AvgIpc) is 3.14. The number of hydrogen-bond donors (Lipinski definition) is 0. The number of rotatable bonds is 4. The average molecular weight is 376 g/mol. The van der Waals surface area contributed by atoms with Crippen molar-refractivity contribution < 1.29 is 0 Å². The molecule has 29 heavy (non-hydrogen) atoms. The summed E-state index contributed by atoms with van der Waals surface area (Å²) in [4.78, 5) is 14.2. The minimum atomic E-state index is 0.700. The fourth-order valence-electron chi connectivity index (χ4n) is 3.66. The van der Waals surface area contributed by atoms with Gasteiger partial charge in [0, 0.05) is 11.1 Å². The zero-order valence-corrected chi connectivity index (χ0v) is 16.2. The predicted octanol–water partition coefficient (Wildman–Crippen LogP) is 5.52. The van der Waals surface area contributed by atoms with E-state index in [1.54, 1.807) is 6.33 Å². The molecule has 140 valence electrons. The molecule has 0 unspecified atom stereocenters. The van der Waals surface area contributed by atoms with Crippen molar-refractivity contribution in [1.82, 2.24) is 19.5 Å². The lowest BCUT2D eigenvalue weighted by Crippen LogP contribution is -2.03. The molecule has 2 heterocycles. The highest BCUT2D eigenvalue weighted by molar-refractivity contribution is 5.89. The molecule has 0 N–H and O–H groups in total. The summed E-state index contributed by atoms with van der Waals surface area (Å²) in [5.41, 5.74) is 7.07. The highest BCUT2D eigenvalue weighted by atomic mass is 15.1. The highest BCUT2D eigenvalue weighted by Crippen LogP contribution is 2.30. The van der Waals surface area contributed by atoms with E-state index in [4.69, 9.17) is 4.98 Å². The fraction of sp³-hybridized carbons (Fsp3) is 0.0800. The van der Waals surface area contributed by atoms with Gasteiger partial charge in [0.2, 0.25) is 0 Å². The molecular formula is C25H20N4. The summed E-state index contributed by atoms with van der Waals surface area (Å²) in [5, 5.41) is 0. The summed E-state index contributed by atoms with van der Waals surface area (Å²) in [7, 11) is 0. The Morgan fingerprint density at radius 1 is 0.759 bits per heavy atom. The lowest BCUT2D eigenvalue weighted by Gasteiger charge is -2.09. The van der Waals surface area contributed by atoms with Crippen LogP contribution in [0.15, 0.2) is 91.3 Å². The first kappa shape index (κ1) is 17.3. The quantitative estimate of drug-likeness (QED) is 0.415. The zero-order chi connectivity index (χ0) is 19.6. The normalized spacial score (nSPS) is 11.1. The van der Waals surface area contributed by atoms with Crippen molar-refractivity contribution in [3.05, 3.63) is 102 Å². The molecule has 0 amide bonds. The number of fused-ring (bicyclic) bond motifs is 1. The van der Waals surface area contributed by atoms with E-state index in [-0.39, 0.29) is 0 Å². The van der Waals surface area contributed by atoms with Crippen molar-refractivity contribution >= 4 is 11.2 Å². The van der Waals surface area contributed by atoms with Crippen LogP contribution in [-0.4, -0.2) is 19.5 Å². The highest BCUT2D eigenvalue weighted by Gasteiger charge is 2.18. The van der Waals surface area contributed by atoms with Crippen molar-refractivity contribution in [2.24, 2.45) is 0 Å². The van der Waals surface area contributed by atoms with Gasteiger partial charge < -0.3 is 4.57 Å². The molecule has 2 aromatic heterocycles. The Morgan fingerprint density at radius 2 is 1.48 bits per heavy atom. The summed E-state index contributed by atoms with van der Waals surface area (Å²) in [6.45, 7) is 2.80. The maximum Gasteiger partial charge on any atom is 0.164 e. The van der Waals surface area contributed by atoms with Crippen molar-refractivity contribution in [2.45, 2.75) is 13.5 Å². The van der Waals surface area contributed by atoms with Crippen molar-refractivity contribution in [1.29, 1.82) is 0 Å². The van der Waals surface area contributed by atoms with E-state index in [0.29, 0.717) is 6.54 Å². The molecule has 0 saturated heterocycles. The van der Waals surface area contributed by atoms with Gasteiger partial charge in [-0.25, -0.2) is 15.0 Å². The third kappa shape index (κ3) is 3.29. The number of aromatic nitrogens is 4. The first-order valence-corrected chi connectivity index (χ1v) is 9.67. The molecule has 0 bridgehead atoms. The van der Waals surface area contributed by atoms with Gasteiger partial charge in [0.1, 0.15) is 23.4 Å². The van der Waals surface area contributed by atoms with Crippen molar-refractivity contribution in [3.63, 3.8) is 0 Å². The van der Waals surface area contributed by atoms with Crippen LogP contribution in [0.25, 0.3) is 33.8 Å². The molecule has 5 aromatic rings. The molecule has 0 atom stereocenters. The molecule has 4 nitrogen and oxygen atoms in total. The molecule has 0 aliphatic carbocycles. The van der Waals surface area contributed by atoms with Gasteiger partial charge >= 0.3 is 0 Å². The first-order valence-electron chi connectivity index (χ1n) is 9.67. The monoisotopic (exact) mass is 376 g/mol. The predicted molar refractivity (Wildman–Crippen MR) is 116 cm³/mol. The Hall–Kier alpha value is -3.79. The van der Waals surface area contributed by atoms with Crippen LogP contribution in [0.5, 0.6) is 0 Å². The molecule has 4 heteroatoms. The molecule has 0 aliphatic rings. The van der Waals surface area contributed by atoms with Gasteiger partial charge in [-0.15, -0.1) is 0 Å². The summed E-state index contributed by atoms with van der Waals surface area (Å²) in [6.07, 6.45) is 1.63. The summed E-state index contributed by atoms with van der Waals surface area (Å²) in [5.74, 6) is 0.908. The van der Waals surface area contributed by atoms with Crippen LogP contribution >= 0.6 is 0 Å². The Morgan fingerprint density at radius 3 is 2.24 bits per heavy atom. The van der Waals surface area contributed by atoms with Crippen LogP contribution in [0.3, 0.4) is 0 Å². The van der Waals surface area contributed by atoms with Crippen LogP contribution in [0.2, 0.25) is 0 Å². The maximum absolute atomic E-state index is 5.03. The van der Waals surface area contributed by atoms with E-state index < -0.39 is 0 Å². The van der Waals surface area contributed by atoms with Gasteiger partial charge in [0.25, 0.3) is 0 Å². The van der Waals surface area contributed by atoms with Gasteiger partial charge in [0.05, 0.1) is 6.54 Å². The molecule has 0 saturated carbocycles. The van der Waals surface area contributed by atoms with Crippen LogP contribution in [0.4, 0.5) is 0 Å². The minimum Gasteiger partial charge on any atom is -0.304 e. The second-order valence-corrected chi connectivity index (χ2v) is 7.14. The van der Waals surface area contributed by atoms with Gasteiger partial charge in [-0.2, -0.15) is 0 Å². The van der Waals surface area contributed by atoms with Crippen molar-refractivity contribution in [2.75, 3.05) is 0 Å². The standard InChI is InChI=1S/C25H20N4/c1-18-9-8-14-21(15-18)24-28-23-22(20-12-6-3-7-13-20)26-17-27-25(23)29(24)16-19-10-4-2-5-11-19/h2-15,17H,16H2,1H3. The Labute approximate surface area is 169 Å². The van der Waals surface area contributed by atoms with E-state index in [1.165, 1.54) is 11.1 Å². The van der Waals surface area contributed by atoms with Crippen LogP contribution < -0.4 is 0 Å². The number of benzene rings is 3. The SMILES string of the molecule is Cc1cccc(-c2nc3c(-c4ccccc4)ncnc3n2Cc2ccccc2)c1. The topological polar surface area (TPSA) is 43.6 Å². The summed E-state index contributed by atoms with van der Waals surface area (Å²) in [6, 6.07) is 29.0. The molecule has 0 fully saturated rings. The summed E-state index contributed by atoms with van der Waals surface area (Å²) < 4.78 is 2.19. The van der Waals surface area contributed by atoms with Gasteiger partial charge in [0.15, 0.2) is 5.65 Å². The van der Waals surface area contributed by atoms with Gasteiger partial charge in [-0.3, -0.25) is 0 Å². The van der Waals surface area contributed by atoms with E-state index in [0.717, 1.165) is 33.8 Å². The maximum atomic E-state index is 5.03. The number of imidazole rings is 1. The number of hydrogen-bond acceptors (Lipinski definition) is 3. The molecule has 0 spiro atoms. The molecule has 3 aromatic carbocycles. The first-order chi connectivity index (χ1) is 14.3. The van der Waals surface area contributed by atoms with E-state index in [1.807, 2.05) is 24.3 Å². The molecule has 5 rings (SSSR count). The van der Waals surface area contributed by atoms with Crippen LogP contribution in [0, 0.1) is 6.92 Å². The second kappa shape index (κ2) is 7.32. The van der Waals surface area contributed by atoms with Gasteiger partial charge in [-0.1, -0.05) is 84.4 Å². The zero-order valence-electron chi connectivity index (χ0n) is 16.2. The lowest BCUT2D eigenvalue weighted by molar-refractivity contribution is 0.822. The second-order valence-electron chi connectivity index (χ2n) is 7.14. The third-order valence-electron chi connectivity index (χ3n) is 5.04. The molecule has 0 radical (unpaired) electrons. The van der Waals surface area contributed by atoms with Gasteiger partial charge in [-0.05, 0) is 18.6 Å². The lowest BCUT2D eigenvalue weighted by atomic mass is 10.1.